The zero-order valence-electron chi connectivity index (χ0n) is 12.0. The number of nitrogens with two attached hydrogens (primary N) is 1. The summed E-state index contributed by atoms with van der Waals surface area (Å²) in [6, 6.07) is 2.53. The van der Waals surface area contributed by atoms with Crippen LogP contribution in [0.4, 0.5) is 10.1 Å². The molecule has 3 nitrogen and oxygen atoms in total. The van der Waals surface area contributed by atoms with Crippen LogP contribution in [0.3, 0.4) is 0 Å². The number of halogens is 1. The lowest BCUT2D eigenvalue weighted by Gasteiger charge is -2.08. The normalized spacial score (nSPS) is 11.2. The molecule has 0 radical (unpaired) electrons. The fourth-order valence-electron chi connectivity index (χ4n) is 1.23. The number of aliphatic hydroxyl groups is 2. The zero-order chi connectivity index (χ0) is 15.6. The van der Waals surface area contributed by atoms with Crippen LogP contribution in [0.25, 0.3) is 0 Å². The molecule has 20 heavy (non-hydrogen) atoms. The Balaban J connectivity index is 3.28. The Kier molecular flexibility index (Phi) is 4.45. The van der Waals surface area contributed by atoms with E-state index in [-0.39, 0.29) is 11.3 Å². The van der Waals surface area contributed by atoms with Crippen LogP contribution in [0.1, 0.15) is 38.8 Å². The summed E-state index contributed by atoms with van der Waals surface area (Å²) < 4.78 is 13.7. The smallest absolute Gasteiger partial charge is 0.140 e. The minimum Gasteiger partial charge on any atom is -0.398 e. The van der Waals surface area contributed by atoms with E-state index in [0.717, 1.165) is 6.07 Å². The third-order valence-corrected chi connectivity index (χ3v) is 2.15. The molecule has 0 aliphatic rings. The van der Waals surface area contributed by atoms with Crippen LogP contribution in [0.5, 0.6) is 0 Å². The van der Waals surface area contributed by atoms with Crippen molar-refractivity contribution in [3.8, 4) is 23.7 Å². The van der Waals surface area contributed by atoms with E-state index in [1.54, 1.807) is 0 Å². The summed E-state index contributed by atoms with van der Waals surface area (Å²) >= 11 is 0. The molecule has 0 heterocycles. The second kappa shape index (κ2) is 5.54. The molecular weight excluding hydrogens is 257 g/mol. The van der Waals surface area contributed by atoms with Crippen molar-refractivity contribution >= 4 is 5.69 Å². The molecule has 0 unspecified atom stereocenters. The van der Waals surface area contributed by atoms with Gasteiger partial charge in [-0.2, -0.15) is 0 Å². The number of nitrogen functional groups attached to an aromatic ring is 1. The number of rotatable bonds is 0. The lowest BCUT2D eigenvalue weighted by atomic mass is 10.0. The van der Waals surface area contributed by atoms with Crippen molar-refractivity contribution in [2.45, 2.75) is 38.9 Å². The largest absolute Gasteiger partial charge is 0.398 e. The van der Waals surface area contributed by atoms with E-state index >= 15 is 0 Å². The van der Waals surface area contributed by atoms with Crippen LogP contribution in [0.2, 0.25) is 0 Å². The summed E-state index contributed by atoms with van der Waals surface area (Å²) in [6.07, 6.45) is 0. The number of anilines is 1. The van der Waals surface area contributed by atoms with Gasteiger partial charge in [0, 0.05) is 5.56 Å². The minimum atomic E-state index is -1.22. The highest BCUT2D eigenvalue weighted by Gasteiger charge is 2.10. The van der Waals surface area contributed by atoms with Crippen LogP contribution in [-0.4, -0.2) is 21.4 Å². The van der Waals surface area contributed by atoms with E-state index in [9.17, 15) is 14.6 Å². The predicted octanol–water partition coefficient (Wildman–Crippen LogP) is 1.65. The van der Waals surface area contributed by atoms with Gasteiger partial charge >= 0.3 is 0 Å². The van der Waals surface area contributed by atoms with Crippen molar-refractivity contribution < 1.29 is 14.6 Å². The van der Waals surface area contributed by atoms with Crippen molar-refractivity contribution in [1.82, 2.24) is 0 Å². The Morgan fingerprint density at radius 3 is 1.85 bits per heavy atom. The summed E-state index contributed by atoms with van der Waals surface area (Å²) in [6.45, 7) is 6.08. The molecule has 0 aliphatic carbocycles. The highest BCUT2D eigenvalue weighted by Crippen LogP contribution is 2.17. The van der Waals surface area contributed by atoms with Gasteiger partial charge in [-0.3, -0.25) is 0 Å². The standard InChI is InChI=1S/C16H18FNO2/c1-15(2,19)7-5-11-9-12(6-8-16(3,4)20)14(18)10-13(11)17/h9-10,19-20H,18H2,1-4H3. The molecule has 0 atom stereocenters. The van der Waals surface area contributed by atoms with Crippen molar-refractivity contribution in [2.24, 2.45) is 0 Å². The molecular formula is C16H18FNO2. The van der Waals surface area contributed by atoms with E-state index in [2.05, 4.69) is 23.7 Å². The Morgan fingerprint density at radius 1 is 0.950 bits per heavy atom. The summed E-state index contributed by atoms with van der Waals surface area (Å²) in [4.78, 5) is 0. The molecule has 0 saturated heterocycles. The molecule has 4 heteroatoms. The van der Waals surface area contributed by atoms with Gasteiger partial charge in [0.15, 0.2) is 0 Å². The number of benzene rings is 1. The lowest BCUT2D eigenvalue weighted by Crippen LogP contribution is -2.15. The first-order valence-electron chi connectivity index (χ1n) is 6.08. The molecule has 0 bridgehead atoms. The van der Waals surface area contributed by atoms with Gasteiger partial charge in [-0.15, -0.1) is 0 Å². The van der Waals surface area contributed by atoms with E-state index in [1.165, 1.54) is 33.8 Å². The van der Waals surface area contributed by atoms with Crippen LogP contribution < -0.4 is 5.73 Å². The minimum absolute atomic E-state index is 0.0985. The van der Waals surface area contributed by atoms with Gasteiger partial charge < -0.3 is 15.9 Å². The molecule has 0 spiro atoms. The van der Waals surface area contributed by atoms with Crippen molar-refractivity contribution in [3.05, 3.63) is 29.1 Å². The zero-order valence-corrected chi connectivity index (χ0v) is 12.0. The van der Waals surface area contributed by atoms with Crippen LogP contribution in [0, 0.1) is 29.5 Å². The molecule has 0 amide bonds. The second-order valence-corrected chi connectivity index (χ2v) is 5.54. The monoisotopic (exact) mass is 275 g/mol. The maximum Gasteiger partial charge on any atom is 0.140 e. The molecule has 106 valence electrons. The van der Waals surface area contributed by atoms with E-state index < -0.39 is 17.0 Å². The first-order chi connectivity index (χ1) is 8.98. The van der Waals surface area contributed by atoms with Crippen LogP contribution >= 0.6 is 0 Å². The maximum absolute atomic E-state index is 13.7. The quantitative estimate of drug-likeness (QED) is 0.498. The molecule has 0 fully saturated rings. The van der Waals surface area contributed by atoms with Crippen LogP contribution in [0.15, 0.2) is 12.1 Å². The molecule has 4 N–H and O–H groups in total. The van der Waals surface area contributed by atoms with E-state index in [1.807, 2.05) is 0 Å². The maximum atomic E-state index is 13.7. The Hall–Kier alpha value is -2.01. The van der Waals surface area contributed by atoms with E-state index in [0.29, 0.717) is 5.56 Å². The van der Waals surface area contributed by atoms with Gasteiger partial charge in [-0.05, 0) is 39.8 Å². The SMILES string of the molecule is CC(C)(O)C#Cc1cc(C#CC(C)(C)O)c(F)cc1N. The molecule has 1 aromatic carbocycles. The van der Waals surface area contributed by atoms with Gasteiger partial charge in [0.2, 0.25) is 0 Å². The van der Waals surface area contributed by atoms with Crippen molar-refractivity contribution in [2.75, 3.05) is 5.73 Å². The van der Waals surface area contributed by atoms with Gasteiger partial charge in [0.05, 0.1) is 11.3 Å². The van der Waals surface area contributed by atoms with E-state index in [4.69, 9.17) is 5.73 Å². The molecule has 0 aromatic heterocycles. The van der Waals surface area contributed by atoms with Crippen molar-refractivity contribution in [3.63, 3.8) is 0 Å². The highest BCUT2D eigenvalue weighted by atomic mass is 19.1. The van der Waals surface area contributed by atoms with Crippen LogP contribution in [-0.2, 0) is 0 Å². The Bertz CT molecular complexity index is 576. The van der Waals surface area contributed by atoms with Gasteiger partial charge in [-0.1, -0.05) is 23.7 Å². The molecule has 0 saturated carbocycles. The number of hydrogen-bond acceptors (Lipinski definition) is 3. The van der Waals surface area contributed by atoms with Gasteiger partial charge in [0.25, 0.3) is 0 Å². The Morgan fingerprint density at radius 2 is 1.40 bits per heavy atom. The fourth-order valence-corrected chi connectivity index (χ4v) is 1.23. The summed E-state index contributed by atoms with van der Waals surface area (Å²) in [5, 5.41) is 19.1. The number of hydrogen-bond donors (Lipinski definition) is 3. The third kappa shape index (κ3) is 5.32. The van der Waals surface area contributed by atoms with Gasteiger partial charge in [-0.25, -0.2) is 4.39 Å². The summed E-state index contributed by atoms with van der Waals surface area (Å²) in [5.41, 5.74) is 3.95. The molecule has 0 aliphatic heterocycles. The first kappa shape index (κ1) is 16.0. The fraction of sp³-hybridized carbons (Fsp3) is 0.375. The van der Waals surface area contributed by atoms with Crippen molar-refractivity contribution in [1.29, 1.82) is 0 Å². The summed E-state index contributed by atoms with van der Waals surface area (Å²) in [7, 11) is 0. The second-order valence-electron chi connectivity index (χ2n) is 5.54. The molecule has 1 rings (SSSR count). The average Bonchev–Trinajstić information content (AvgIpc) is 2.24. The molecule has 1 aromatic rings. The Labute approximate surface area is 118 Å². The lowest BCUT2D eigenvalue weighted by molar-refractivity contribution is 0.143. The summed E-state index contributed by atoms with van der Waals surface area (Å²) in [5.74, 6) is 9.81. The third-order valence-electron chi connectivity index (χ3n) is 2.15. The predicted molar refractivity (Wildman–Crippen MR) is 77.2 cm³/mol. The topological polar surface area (TPSA) is 66.5 Å². The first-order valence-corrected chi connectivity index (χ1v) is 6.08. The average molecular weight is 275 g/mol. The highest BCUT2D eigenvalue weighted by molar-refractivity contribution is 5.60. The van der Waals surface area contributed by atoms with Gasteiger partial charge in [0.1, 0.15) is 17.0 Å².